The molecule has 11 heavy (non-hydrogen) atoms. The highest BCUT2D eigenvalue weighted by Crippen LogP contribution is 2.08. The average molecular weight is 168 g/mol. The molecule has 58 valence electrons. The molecule has 0 atom stereocenters. The molecule has 0 spiro atoms. The molecule has 0 aliphatic rings. The molecule has 0 amide bonds. The van der Waals surface area contributed by atoms with Crippen LogP contribution >= 0.6 is 11.6 Å². The summed E-state index contributed by atoms with van der Waals surface area (Å²) in [6.45, 7) is 2.81. The number of hydrogen-bond acceptors (Lipinski definition) is 1. The van der Waals surface area contributed by atoms with E-state index in [0.29, 0.717) is 0 Å². The van der Waals surface area contributed by atoms with Crippen LogP contribution in [0.3, 0.4) is 0 Å². The van der Waals surface area contributed by atoms with Crippen LogP contribution in [0, 0.1) is 0 Å². The summed E-state index contributed by atoms with van der Waals surface area (Å²) in [5, 5.41) is 0.755. The van der Waals surface area contributed by atoms with Gasteiger partial charge in [0.05, 0.1) is 0 Å². The Morgan fingerprint density at radius 1 is 1.55 bits per heavy atom. The van der Waals surface area contributed by atoms with Crippen molar-refractivity contribution < 1.29 is 0 Å². The highest BCUT2D eigenvalue weighted by atomic mass is 35.5. The Balaban J connectivity index is 2.79. The van der Waals surface area contributed by atoms with E-state index in [9.17, 15) is 0 Å². The third-order valence-electron chi connectivity index (χ3n) is 1.27. The van der Waals surface area contributed by atoms with Gasteiger partial charge in [0.25, 0.3) is 0 Å². The zero-order valence-electron chi connectivity index (χ0n) is 6.42. The molecule has 0 aliphatic carbocycles. The van der Waals surface area contributed by atoms with Gasteiger partial charge in [0.1, 0.15) is 0 Å². The molecular formula is C9H10ClN. The fourth-order valence-electron chi connectivity index (χ4n) is 0.784. The maximum absolute atomic E-state index is 5.76. The largest absolute Gasteiger partial charge is 0.293 e. The van der Waals surface area contributed by atoms with Crippen molar-refractivity contribution in [2.75, 3.05) is 6.54 Å². The van der Waals surface area contributed by atoms with E-state index in [1.807, 2.05) is 37.4 Å². The first-order valence-electron chi connectivity index (χ1n) is 3.58. The van der Waals surface area contributed by atoms with Gasteiger partial charge in [-0.05, 0) is 24.6 Å². The summed E-state index contributed by atoms with van der Waals surface area (Å²) in [5.41, 5.74) is 1.05. The molecule has 1 aromatic rings. The maximum Gasteiger partial charge on any atom is 0.0412 e. The summed E-state index contributed by atoms with van der Waals surface area (Å²) in [5.74, 6) is 0. The summed E-state index contributed by atoms with van der Waals surface area (Å²) >= 11 is 5.76. The van der Waals surface area contributed by atoms with Crippen LogP contribution in [0.4, 0.5) is 0 Å². The Morgan fingerprint density at radius 3 is 3.00 bits per heavy atom. The molecule has 0 radical (unpaired) electrons. The molecule has 0 saturated heterocycles. The van der Waals surface area contributed by atoms with Crippen molar-refractivity contribution in [3.63, 3.8) is 0 Å². The first-order valence-corrected chi connectivity index (χ1v) is 3.96. The highest BCUT2D eigenvalue weighted by Gasteiger charge is 1.87. The fraction of sp³-hybridized carbons (Fsp3) is 0.222. The van der Waals surface area contributed by atoms with Gasteiger partial charge in [-0.25, -0.2) is 0 Å². The Hall–Kier alpha value is -0.820. The van der Waals surface area contributed by atoms with E-state index in [2.05, 4.69) is 4.99 Å². The zero-order chi connectivity index (χ0) is 8.10. The normalized spacial score (nSPS) is 10.7. The van der Waals surface area contributed by atoms with E-state index >= 15 is 0 Å². The molecule has 0 unspecified atom stereocenters. The van der Waals surface area contributed by atoms with Gasteiger partial charge in [0.15, 0.2) is 0 Å². The Bertz CT molecular complexity index is 255. The van der Waals surface area contributed by atoms with Gasteiger partial charge in [-0.2, -0.15) is 0 Å². The van der Waals surface area contributed by atoms with Crippen LogP contribution in [0.15, 0.2) is 29.3 Å². The molecule has 0 bridgehead atoms. The Kier molecular flexibility index (Phi) is 3.12. The molecule has 0 aromatic heterocycles. The van der Waals surface area contributed by atoms with E-state index in [4.69, 9.17) is 11.6 Å². The summed E-state index contributed by atoms with van der Waals surface area (Å²) in [7, 11) is 0. The number of benzene rings is 1. The lowest BCUT2D eigenvalue weighted by molar-refractivity contribution is 1.14. The molecular weight excluding hydrogens is 158 g/mol. The summed E-state index contributed by atoms with van der Waals surface area (Å²) in [6, 6.07) is 7.63. The predicted octanol–water partition coefficient (Wildman–Crippen LogP) is 2.78. The molecule has 0 heterocycles. The van der Waals surface area contributed by atoms with Crippen molar-refractivity contribution in [3.8, 4) is 0 Å². The van der Waals surface area contributed by atoms with Gasteiger partial charge in [0, 0.05) is 17.8 Å². The third-order valence-corrected chi connectivity index (χ3v) is 1.51. The Labute approximate surface area is 71.7 Å². The van der Waals surface area contributed by atoms with E-state index in [0.717, 1.165) is 17.1 Å². The van der Waals surface area contributed by atoms with Gasteiger partial charge in [0.2, 0.25) is 0 Å². The highest BCUT2D eigenvalue weighted by molar-refractivity contribution is 6.30. The minimum atomic E-state index is 0.755. The number of rotatable bonds is 2. The summed E-state index contributed by atoms with van der Waals surface area (Å²) < 4.78 is 0. The van der Waals surface area contributed by atoms with Crippen molar-refractivity contribution in [2.45, 2.75) is 6.92 Å². The van der Waals surface area contributed by atoms with Crippen molar-refractivity contribution >= 4 is 17.8 Å². The minimum Gasteiger partial charge on any atom is -0.293 e. The molecule has 0 fully saturated rings. The van der Waals surface area contributed by atoms with Gasteiger partial charge in [-0.3, -0.25) is 4.99 Å². The molecule has 1 rings (SSSR count). The second-order valence-electron chi connectivity index (χ2n) is 2.18. The van der Waals surface area contributed by atoms with Crippen LogP contribution in [0.5, 0.6) is 0 Å². The van der Waals surface area contributed by atoms with E-state index < -0.39 is 0 Å². The van der Waals surface area contributed by atoms with Gasteiger partial charge >= 0.3 is 0 Å². The first kappa shape index (κ1) is 8.28. The smallest absolute Gasteiger partial charge is 0.0412 e. The topological polar surface area (TPSA) is 12.4 Å². The van der Waals surface area contributed by atoms with E-state index in [1.165, 1.54) is 0 Å². The lowest BCUT2D eigenvalue weighted by Crippen LogP contribution is -1.80. The van der Waals surface area contributed by atoms with Crippen LogP contribution in [0.1, 0.15) is 12.5 Å². The van der Waals surface area contributed by atoms with E-state index in [1.54, 1.807) is 0 Å². The van der Waals surface area contributed by atoms with Crippen molar-refractivity contribution in [1.29, 1.82) is 0 Å². The fourth-order valence-corrected chi connectivity index (χ4v) is 0.982. The third kappa shape index (κ3) is 2.72. The van der Waals surface area contributed by atoms with Crippen molar-refractivity contribution in [2.24, 2.45) is 4.99 Å². The van der Waals surface area contributed by atoms with Crippen LogP contribution in [0.25, 0.3) is 0 Å². The molecule has 2 heteroatoms. The quantitative estimate of drug-likeness (QED) is 0.601. The molecule has 0 aliphatic heterocycles. The van der Waals surface area contributed by atoms with Gasteiger partial charge < -0.3 is 0 Å². The Morgan fingerprint density at radius 2 is 2.36 bits per heavy atom. The van der Waals surface area contributed by atoms with Crippen LogP contribution < -0.4 is 0 Å². The van der Waals surface area contributed by atoms with Crippen molar-refractivity contribution in [1.82, 2.24) is 0 Å². The zero-order valence-corrected chi connectivity index (χ0v) is 7.17. The number of aliphatic imine (C=N–C) groups is 1. The van der Waals surface area contributed by atoms with E-state index in [-0.39, 0.29) is 0 Å². The monoisotopic (exact) mass is 167 g/mol. The molecule has 0 saturated carbocycles. The number of hydrogen-bond donors (Lipinski definition) is 0. The first-order chi connectivity index (χ1) is 5.33. The second-order valence-corrected chi connectivity index (χ2v) is 2.62. The van der Waals surface area contributed by atoms with Crippen molar-refractivity contribution in [3.05, 3.63) is 34.9 Å². The lowest BCUT2D eigenvalue weighted by Gasteiger charge is -1.91. The van der Waals surface area contributed by atoms with Crippen LogP contribution in [0.2, 0.25) is 5.02 Å². The van der Waals surface area contributed by atoms with Crippen LogP contribution in [-0.2, 0) is 0 Å². The lowest BCUT2D eigenvalue weighted by atomic mass is 10.2. The molecule has 0 N–H and O–H groups in total. The maximum atomic E-state index is 5.76. The number of nitrogens with zero attached hydrogens (tertiary/aromatic N) is 1. The minimum absolute atomic E-state index is 0.755. The molecule has 1 nitrogen and oxygen atoms in total. The average Bonchev–Trinajstić information content (AvgIpc) is 2.01. The van der Waals surface area contributed by atoms with Gasteiger partial charge in [-0.1, -0.05) is 23.7 Å². The second kappa shape index (κ2) is 4.14. The predicted molar refractivity (Wildman–Crippen MR) is 49.6 cm³/mol. The summed E-state index contributed by atoms with van der Waals surface area (Å²) in [6.07, 6.45) is 1.83. The molecule has 1 aromatic carbocycles. The number of halogens is 1. The summed E-state index contributed by atoms with van der Waals surface area (Å²) in [4.78, 5) is 4.10. The van der Waals surface area contributed by atoms with Crippen LogP contribution in [-0.4, -0.2) is 12.8 Å². The SMILES string of the molecule is CCN=Cc1cccc(Cl)c1. The van der Waals surface area contributed by atoms with Gasteiger partial charge in [-0.15, -0.1) is 0 Å². The standard InChI is InChI=1S/C9H10ClN/c1-2-11-7-8-4-3-5-9(10)6-8/h3-7H,2H2,1H3.